The van der Waals surface area contributed by atoms with E-state index in [-0.39, 0.29) is 5.91 Å². The highest BCUT2D eigenvalue weighted by atomic mass is 16.5. The number of rotatable bonds is 7. The molecule has 2 aromatic rings. The summed E-state index contributed by atoms with van der Waals surface area (Å²) in [6.07, 6.45) is 0.973. The van der Waals surface area contributed by atoms with E-state index in [2.05, 4.69) is 5.32 Å². The second-order valence-corrected chi connectivity index (χ2v) is 6.16. The zero-order valence-electron chi connectivity index (χ0n) is 14.4. The second-order valence-electron chi connectivity index (χ2n) is 6.16. The van der Waals surface area contributed by atoms with Gasteiger partial charge < -0.3 is 19.7 Å². The molecule has 0 aromatic heterocycles. The highest BCUT2D eigenvalue weighted by Gasteiger charge is 2.13. The number of quaternary nitrogens is 1. The second kappa shape index (κ2) is 9.20. The van der Waals surface area contributed by atoms with E-state index in [0.717, 1.165) is 45.0 Å². The Balaban J connectivity index is 1.46. The van der Waals surface area contributed by atoms with Crippen molar-refractivity contribution in [2.45, 2.75) is 6.42 Å². The quantitative estimate of drug-likeness (QED) is 0.751. The van der Waals surface area contributed by atoms with Gasteiger partial charge in [0.2, 0.25) is 0 Å². The lowest BCUT2D eigenvalue weighted by atomic mass is 10.2. The van der Waals surface area contributed by atoms with E-state index < -0.39 is 0 Å². The molecular formula is C20H25N2O3+. The van der Waals surface area contributed by atoms with Crippen LogP contribution in [0.1, 0.15) is 16.8 Å². The predicted molar refractivity (Wildman–Crippen MR) is 96.3 cm³/mol. The summed E-state index contributed by atoms with van der Waals surface area (Å²) in [6, 6.07) is 16.8. The molecule has 1 aliphatic rings. The highest BCUT2D eigenvalue weighted by Crippen LogP contribution is 2.21. The van der Waals surface area contributed by atoms with Crippen molar-refractivity contribution < 1.29 is 19.2 Å². The third-order valence-corrected chi connectivity index (χ3v) is 4.27. The van der Waals surface area contributed by atoms with E-state index in [4.69, 9.17) is 9.47 Å². The summed E-state index contributed by atoms with van der Waals surface area (Å²) in [6.45, 7) is 5.57. The lowest BCUT2D eigenvalue weighted by Crippen LogP contribution is -3.14. The maximum Gasteiger partial charge on any atom is 0.251 e. The molecule has 0 saturated carbocycles. The fraction of sp³-hybridized carbons (Fsp3) is 0.350. The van der Waals surface area contributed by atoms with Crippen molar-refractivity contribution in [3.63, 3.8) is 0 Å². The third-order valence-electron chi connectivity index (χ3n) is 4.27. The first-order chi connectivity index (χ1) is 12.3. The Kier molecular flexibility index (Phi) is 6.42. The zero-order chi connectivity index (χ0) is 17.3. The number of ether oxygens (including phenoxy) is 2. The Morgan fingerprint density at radius 1 is 1.04 bits per heavy atom. The van der Waals surface area contributed by atoms with Crippen LogP contribution in [0.25, 0.3) is 0 Å². The summed E-state index contributed by atoms with van der Waals surface area (Å²) >= 11 is 0. The molecule has 3 rings (SSSR count). The maximum absolute atomic E-state index is 12.3. The fourth-order valence-corrected chi connectivity index (χ4v) is 2.88. The van der Waals surface area contributed by atoms with Gasteiger partial charge in [0.25, 0.3) is 5.91 Å². The predicted octanol–water partition coefficient (Wildman–Crippen LogP) is 1.51. The van der Waals surface area contributed by atoms with Gasteiger partial charge in [-0.05, 0) is 30.3 Å². The van der Waals surface area contributed by atoms with Gasteiger partial charge in [0.05, 0.1) is 19.8 Å². The topological polar surface area (TPSA) is 52.0 Å². The van der Waals surface area contributed by atoms with Crippen LogP contribution in [0.2, 0.25) is 0 Å². The number of benzene rings is 2. The van der Waals surface area contributed by atoms with Gasteiger partial charge in [0, 0.05) is 18.5 Å². The summed E-state index contributed by atoms with van der Waals surface area (Å²) in [5.74, 6) is 1.36. The molecule has 132 valence electrons. The molecule has 1 aliphatic heterocycles. The van der Waals surface area contributed by atoms with Gasteiger partial charge in [-0.3, -0.25) is 4.79 Å². The molecule has 2 aromatic carbocycles. The Labute approximate surface area is 148 Å². The molecule has 0 atom stereocenters. The standard InChI is InChI=1S/C20H24N2O3/c23-20(21-10-5-11-22-12-14-24-15-13-22)17-6-4-9-19(16-17)25-18-7-2-1-3-8-18/h1-4,6-9,16H,5,10-15H2,(H,21,23)/p+1. The molecule has 0 bridgehead atoms. The van der Waals surface area contributed by atoms with E-state index in [1.165, 1.54) is 0 Å². The van der Waals surface area contributed by atoms with Crippen molar-refractivity contribution in [1.82, 2.24) is 5.32 Å². The molecule has 5 heteroatoms. The average molecular weight is 341 g/mol. The van der Waals surface area contributed by atoms with Crippen LogP contribution in [0.4, 0.5) is 0 Å². The molecular weight excluding hydrogens is 316 g/mol. The van der Waals surface area contributed by atoms with Crippen LogP contribution in [-0.4, -0.2) is 45.3 Å². The van der Waals surface area contributed by atoms with E-state index in [1.54, 1.807) is 17.0 Å². The van der Waals surface area contributed by atoms with Crippen LogP contribution in [0.3, 0.4) is 0 Å². The Hall–Kier alpha value is -2.37. The van der Waals surface area contributed by atoms with Crippen LogP contribution in [-0.2, 0) is 4.74 Å². The number of hydrogen-bond acceptors (Lipinski definition) is 3. The molecule has 5 nitrogen and oxygen atoms in total. The highest BCUT2D eigenvalue weighted by molar-refractivity contribution is 5.94. The van der Waals surface area contributed by atoms with Crippen LogP contribution in [0.5, 0.6) is 11.5 Å². The third kappa shape index (κ3) is 5.59. The molecule has 0 unspecified atom stereocenters. The number of carbonyl (C=O) groups is 1. The largest absolute Gasteiger partial charge is 0.457 e. The first kappa shape index (κ1) is 17.5. The number of nitrogens with one attached hydrogen (secondary N) is 2. The first-order valence-electron chi connectivity index (χ1n) is 8.84. The Morgan fingerprint density at radius 3 is 2.60 bits per heavy atom. The molecule has 0 spiro atoms. The van der Waals surface area contributed by atoms with Gasteiger partial charge >= 0.3 is 0 Å². The van der Waals surface area contributed by atoms with E-state index in [1.807, 2.05) is 42.5 Å². The van der Waals surface area contributed by atoms with Gasteiger partial charge in [-0.2, -0.15) is 0 Å². The normalized spacial score (nSPS) is 14.9. The van der Waals surface area contributed by atoms with E-state index in [0.29, 0.717) is 17.9 Å². The van der Waals surface area contributed by atoms with Gasteiger partial charge in [-0.1, -0.05) is 24.3 Å². The fourth-order valence-electron chi connectivity index (χ4n) is 2.88. The minimum absolute atomic E-state index is 0.0597. The number of para-hydroxylation sites is 1. The number of morpholine rings is 1. The maximum atomic E-state index is 12.3. The Morgan fingerprint density at radius 2 is 1.80 bits per heavy atom. The molecule has 0 radical (unpaired) electrons. The van der Waals surface area contributed by atoms with E-state index in [9.17, 15) is 4.79 Å². The summed E-state index contributed by atoms with van der Waals surface area (Å²) in [5.41, 5.74) is 0.618. The first-order valence-corrected chi connectivity index (χ1v) is 8.84. The van der Waals surface area contributed by atoms with Crippen LogP contribution < -0.4 is 15.0 Å². The van der Waals surface area contributed by atoms with Crippen LogP contribution in [0, 0.1) is 0 Å². The van der Waals surface area contributed by atoms with Crippen molar-refractivity contribution in [2.75, 3.05) is 39.4 Å². The molecule has 2 N–H and O–H groups in total. The zero-order valence-corrected chi connectivity index (χ0v) is 14.4. The molecule has 1 fully saturated rings. The lowest BCUT2D eigenvalue weighted by Gasteiger charge is -2.23. The van der Waals surface area contributed by atoms with Crippen molar-refractivity contribution in [3.05, 3.63) is 60.2 Å². The molecule has 1 amide bonds. The lowest BCUT2D eigenvalue weighted by molar-refractivity contribution is -0.908. The van der Waals surface area contributed by atoms with Gasteiger partial charge in [-0.25, -0.2) is 0 Å². The van der Waals surface area contributed by atoms with Crippen molar-refractivity contribution >= 4 is 5.91 Å². The Bertz CT molecular complexity index is 670. The number of amides is 1. The van der Waals surface area contributed by atoms with Gasteiger partial charge in [-0.15, -0.1) is 0 Å². The van der Waals surface area contributed by atoms with Crippen LogP contribution in [0.15, 0.2) is 54.6 Å². The minimum Gasteiger partial charge on any atom is -0.457 e. The van der Waals surface area contributed by atoms with E-state index >= 15 is 0 Å². The average Bonchev–Trinajstić information content (AvgIpc) is 2.67. The monoisotopic (exact) mass is 341 g/mol. The molecule has 0 aliphatic carbocycles. The summed E-state index contributed by atoms with van der Waals surface area (Å²) in [5, 5.41) is 2.99. The van der Waals surface area contributed by atoms with Gasteiger partial charge in [0.1, 0.15) is 24.6 Å². The number of carbonyl (C=O) groups excluding carboxylic acids is 1. The smallest absolute Gasteiger partial charge is 0.251 e. The minimum atomic E-state index is -0.0597. The summed E-state index contributed by atoms with van der Waals surface area (Å²) in [7, 11) is 0. The summed E-state index contributed by atoms with van der Waals surface area (Å²) < 4.78 is 11.1. The van der Waals surface area contributed by atoms with Gasteiger partial charge in [0.15, 0.2) is 0 Å². The molecule has 25 heavy (non-hydrogen) atoms. The SMILES string of the molecule is O=C(NCCC[NH+]1CCOCC1)c1cccc(Oc2ccccc2)c1. The van der Waals surface area contributed by atoms with Crippen molar-refractivity contribution in [2.24, 2.45) is 0 Å². The summed E-state index contributed by atoms with van der Waals surface area (Å²) in [4.78, 5) is 13.9. The van der Waals surface area contributed by atoms with Crippen LogP contribution >= 0.6 is 0 Å². The van der Waals surface area contributed by atoms with Crippen molar-refractivity contribution in [3.8, 4) is 11.5 Å². The molecule has 1 saturated heterocycles. The van der Waals surface area contributed by atoms with Crippen molar-refractivity contribution in [1.29, 1.82) is 0 Å². The number of hydrogen-bond donors (Lipinski definition) is 2. The molecule has 1 heterocycles.